The summed E-state index contributed by atoms with van der Waals surface area (Å²) in [5.41, 5.74) is 5.41. The normalized spacial score (nSPS) is 13.0. The maximum atomic E-state index is 9.66. The molecule has 0 saturated heterocycles. The first kappa shape index (κ1) is 7.41. The molecule has 0 bridgehead atoms. The van der Waals surface area contributed by atoms with Gasteiger partial charge in [-0.2, -0.15) is 0 Å². The molecule has 0 aliphatic heterocycles. The molecule has 0 aromatic carbocycles. The number of hydrogen-bond donors (Lipinski definition) is 1. The second-order valence-electron chi connectivity index (χ2n) is 2.11. The maximum Gasteiger partial charge on any atom is 0.121 e. The van der Waals surface area contributed by atoms with E-state index in [2.05, 4.69) is 0 Å². The minimum Gasteiger partial charge on any atom is -0.324 e. The first-order chi connectivity index (χ1) is 3.68. The first-order valence-corrected chi connectivity index (χ1v) is 2.65. The van der Waals surface area contributed by atoms with Gasteiger partial charge < -0.3 is 5.73 Å². The summed E-state index contributed by atoms with van der Waals surface area (Å²) in [7, 11) is 0. The molecule has 0 radical (unpaired) electrons. The molecule has 2 N–H and O–H groups in total. The molecule has 0 fully saturated rings. The molecule has 0 aromatic rings. The van der Waals surface area contributed by atoms with Gasteiger partial charge >= 0.3 is 0 Å². The number of carbonyl (C=O) groups excluding carboxylic acids is 1. The quantitative estimate of drug-likeness (QED) is 0.525. The molecule has 8 heavy (non-hydrogen) atoms. The van der Waals surface area contributed by atoms with Crippen LogP contribution in [0, 0.1) is 5.92 Å². The predicted molar refractivity (Wildman–Crippen MR) is 33.1 cm³/mol. The Hall–Kier alpha value is -0.590. The highest BCUT2D eigenvalue weighted by atomic mass is 16.1. The number of hydrogen-bond acceptors (Lipinski definition) is 2. The summed E-state index contributed by atoms with van der Waals surface area (Å²) in [5, 5.41) is 0. The van der Waals surface area contributed by atoms with E-state index in [1.165, 1.54) is 6.08 Å². The Morgan fingerprint density at radius 2 is 2.12 bits per heavy atom. The Morgan fingerprint density at radius 3 is 2.25 bits per heavy atom. The molecular weight excluding hydrogens is 102 g/mol. The zero-order valence-electron chi connectivity index (χ0n) is 5.22. The molecular formula is C6H11NO. The molecule has 46 valence electrons. The van der Waals surface area contributed by atoms with Gasteiger partial charge in [0, 0.05) is 12.1 Å². The third kappa shape index (κ3) is 2.56. The lowest BCUT2D eigenvalue weighted by molar-refractivity contribution is 0.551. The second kappa shape index (κ2) is 3.42. The molecule has 0 heterocycles. The molecule has 2 nitrogen and oxygen atoms in total. The van der Waals surface area contributed by atoms with Crippen molar-refractivity contribution in [3.05, 3.63) is 6.08 Å². The highest BCUT2D eigenvalue weighted by Crippen LogP contribution is 1.96. The fourth-order valence-corrected chi connectivity index (χ4v) is 0.271. The molecule has 0 aliphatic carbocycles. The zero-order chi connectivity index (χ0) is 6.57. The summed E-state index contributed by atoms with van der Waals surface area (Å²) >= 11 is 0. The topological polar surface area (TPSA) is 43.1 Å². The lowest BCUT2D eigenvalue weighted by Crippen LogP contribution is -2.23. The predicted octanol–water partition coefficient (Wildman–Crippen LogP) is 0.358. The fourth-order valence-electron chi connectivity index (χ4n) is 0.271. The average molecular weight is 113 g/mol. The monoisotopic (exact) mass is 113 g/mol. The van der Waals surface area contributed by atoms with Crippen LogP contribution in [0.2, 0.25) is 0 Å². The van der Waals surface area contributed by atoms with Crippen molar-refractivity contribution in [2.24, 2.45) is 11.7 Å². The summed E-state index contributed by atoms with van der Waals surface area (Å²) in [6, 6.07) is -0.132. The van der Waals surface area contributed by atoms with Crippen molar-refractivity contribution >= 4 is 5.94 Å². The van der Waals surface area contributed by atoms with Crippen molar-refractivity contribution in [2.75, 3.05) is 0 Å². The van der Waals surface area contributed by atoms with Crippen molar-refractivity contribution in [2.45, 2.75) is 19.9 Å². The molecule has 0 rings (SSSR count). The minimum atomic E-state index is -0.132. The van der Waals surface area contributed by atoms with E-state index in [4.69, 9.17) is 5.73 Å². The standard InChI is InChI=1S/C6H11NO/c1-5(2)6(7)3-4-8/h3,5-6H,7H2,1-2H3. The number of rotatable bonds is 2. The SMILES string of the molecule is CC(C)C(N)C=C=O. The smallest absolute Gasteiger partial charge is 0.121 e. The summed E-state index contributed by atoms with van der Waals surface area (Å²) in [5.74, 6) is 1.98. The van der Waals surface area contributed by atoms with Crippen LogP contribution < -0.4 is 5.73 Å². The van der Waals surface area contributed by atoms with Gasteiger partial charge in [-0.1, -0.05) is 13.8 Å². The zero-order valence-corrected chi connectivity index (χ0v) is 5.22. The fraction of sp³-hybridized carbons (Fsp3) is 0.667. The van der Waals surface area contributed by atoms with E-state index in [0.29, 0.717) is 5.92 Å². The van der Waals surface area contributed by atoms with Crippen LogP contribution in [0.3, 0.4) is 0 Å². The van der Waals surface area contributed by atoms with Crippen molar-refractivity contribution in [3.63, 3.8) is 0 Å². The summed E-state index contributed by atoms with van der Waals surface area (Å²) in [4.78, 5) is 9.66. The Bertz CT molecular complexity index is 103. The van der Waals surface area contributed by atoms with E-state index in [1.54, 1.807) is 5.94 Å². The second-order valence-corrected chi connectivity index (χ2v) is 2.11. The lowest BCUT2D eigenvalue weighted by Gasteiger charge is -2.06. The first-order valence-electron chi connectivity index (χ1n) is 2.65. The van der Waals surface area contributed by atoms with Gasteiger partial charge in [0.2, 0.25) is 0 Å². The molecule has 1 atom stereocenters. The maximum absolute atomic E-state index is 9.66. The molecule has 0 amide bonds. The van der Waals surface area contributed by atoms with Gasteiger partial charge in [-0.15, -0.1) is 0 Å². The summed E-state index contributed by atoms with van der Waals surface area (Å²) in [6.45, 7) is 3.91. The van der Waals surface area contributed by atoms with E-state index < -0.39 is 0 Å². The van der Waals surface area contributed by atoms with Gasteiger partial charge in [0.25, 0.3) is 0 Å². The van der Waals surface area contributed by atoms with E-state index in [1.807, 2.05) is 13.8 Å². The molecule has 0 aliphatic rings. The van der Waals surface area contributed by atoms with Crippen molar-refractivity contribution in [1.29, 1.82) is 0 Å². The van der Waals surface area contributed by atoms with Crippen molar-refractivity contribution in [3.8, 4) is 0 Å². The Morgan fingerprint density at radius 1 is 1.62 bits per heavy atom. The van der Waals surface area contributed by atoms with Crippen LogP contribution in [0.1, 0.15) is 13.8 Å². The van der Waals surface area contributed by atoms with Gasteiger partial charge in [0.05, 0.1) is 0 Å². The van der Waals surface area contributed by atoms with Gasteiger partial charge in [0.1, 0.15) is 5.94 Å². The summed E-state index contributed by atoms with van der Waals surface area (Å²) in [6.07, 6.45) is 1.34. The Labute approximate surface area is 49.4 Å². The van der Waals surface area contributed by atoms with Crippen LogP contribution in [0.5, 0.6) is 0 Å². The van der Waals surface area contributed by atoms with E-state index in [-0.39, 0.29) is 6.04 Å². The highest BCUT2D eigenvalue weighted by Gasteiger charge is 2.01. The van der Waals surface area contributed by atoms with Crippen molar-refractivity contribution in [1.82, 2.24) is 0 Å². The van der Waals surface area contributed by atoms with Gasteiger partial charge in [-0.3, -0.25) is 0 Å². The minimum absolute atomic E-state index is 0.132. The van der Waals surface area contributed by atoms with Crippen LogP contribution in [-0.4, -0.2) is 12.0 Å². The van der Waals surface area contributed by atoms with Crippen LogP contribution in [-0.2, 0) is 4.79 Å². The Balaban J connectivity index is 3.63. The van der Waals surface area contributed by atoms with Crippen LogP contribution >= 0.6 is 0 Å². The van der Waals surface area contributed by atoms with E-state index >= 15 is 0 Å². The largest absolute Gasteiger partial charge is 0.324 e. The van der Waals surface area contributed by atoms with Crippen LogP contribution in [0.15, 0.2) is 6.08 Å². The third-order valence-corrected chi connectivity index (χ3v) is 1.03. The van der Waals surface area contributed by atoms with Gasteiger partial charge in [-0.25, -0.2) is 4.79 Å². The highest BCUT2D eigenvalue weighted by molar-refractivity contribution is 5.46. The van der Waals surface area contributed by atoms with Gasteiger partial charge in [-0.05, 0) is 5.92 Å². The van der Waals surface area contributed by atoms with Crippen LogP contribution in [0.4, 0.5) is 0 Å². The average Bonchev–Trinajstić information content (AvgIpc) is 1.67. The molecule has 1 unspecified atom stereocenters. The van der Waals surface area contributed by atoms with Crippen molar-refractivity contribution < 1.29 is 4.79 Å². The molecule has 0 spiro atoms. The Kier molecular flexibility index (Phi) is 3.16. The van der Waals surface area contributed by atoms with Crippen LogP contribution in [0.25, 0.3) is 0 Å². The lowest BCUT2D eigenvalue weighted by atomic mass is 10.1. The van der Waals surface area contributed by atoms with E-state index in [0.717, 1.165) is 0 Å². The van der Waals surface area contributed by atoms with Gasteiger partial charge in [0.15, 0.2) is 0 Å². The third-order valence-electron chi connectivity index (χ3n) is 1.03. The van der Waals surface area contributed by atoms with E-state index in [9.17, 15) is 4.79 Å². The number of nitrogens with two attached hydrogens (primary N) is 1. The molecule has 0 aromatic heterocycles. The summed E-state index contributed by atoms with van der Waals surface area (Å²) < 4.78 is 0. The molecule has 2 heteroatoms. The molecule has 0 saturated carbocycles.